The normalized spacial score (nSPS) is 11.3. The molecule has 0 aliphatic heterocycles. The molecule has 2 aromatic rings. The molecule has 0 aliphatic rings. The molecule has 1 aromatic carbocycles. The Morgan fingerprint density at radius 3 is 2.79 bits per heavy atom. The van der Waals surface area contributed by atoms with Gasteiger partial charge in [-0.3, -0.25) is 9.36 Å². The van der Waals surface area contributed by atoms with Crippen LogP contribution in [0.4, 0.5) is 5.69 Å². The van der Waals surface area contributed by atoms with Gasteiger partial charge in [-0.15, -0.1) is 0 Å². The number of oxazole rings is 1. The topological polar surface area (TPSA) is 88.0 Å². The highest BCUT2D eigenvalue weighted by Gasteiger charge is 2.27. The molecule has 0 saturated carbocycles. The zero-order valence-corrected chi connectivity index (χ0v) is 10.9. The standard InChI is InChI=1S/C13H13N3O3/c1-13(2,7-14)11(17)15-8-4-5-10-9(6-8)16(3)12(18)19-10/h4-6H,1-3H3,(H,15,17). The lowest BCUT2D eigenvalue weighted by Gasteiger charge is -2.14. The van der Waals surface area contributed by atoms with E-state index in [-0.39, 0.29) is 0 Å². The number of nitrogens with one attached hydrogen (secondary N) is 1. The fourth-order valence-electron chi connectivity index (χ4n) is 1.54. The number of carbonyl (C=O) groups is 1. The molecule has 2 rings (SSSR count). The summed E-state index contributed by atoms with van der Waals surface area (Å²) in [5, 5.41) is 11.5. The minimum atomic E-state index is -1.11. The zero-order chi connectivity index (χ0) is 14.2. The Morgan fingerprint density at radius 1 is 1.47 bits per heavy atom. The van der Waals surface area contributed by atoms with E-state index in [0.29, 0.717) is 16.8 Å². The summed E-state index contributed by atoms with van der Waals surface area (Å²) in [6, 6.07) is 6.78. The van der Waals surface area contributed by atoms with Crippen LogP contribution in [0.25, 0.3) is 11.1 Å². The van der Waals surface area contributed by atoms with E-state index < -0.39 is 17.1 Å². The van der Waals surface area contributed by atoms with Gasteiger partial charge in [-0.1, -0.05) is 0 Å². The van der Waals surface area contributed by atoms with Gasteiger partial charge in [0.2, 0.25) is 5.91 Å². The molecule has 0 atom stereocenters. The molecule has 6 heteroatoms. The van der Waals surface area contributed by atoms with Gasteiger partial charge in [0.25, 0.3) is 0 Å². The number of hydrogen-bond acceptors (Lipinski definition) is 4. The summed E-state index contributed by atoms with van der Waals surface area (Å²) >= 11 is 0. The molecule has 0 saturated heterocycles. The molecule has 0 unspecified atom stereocenters. The van der Waals surface area contributed by atoms with Gasteiger partial charge in [0.1, 0.15) is 5.41 Å². The predicted octanol–water partition coefficient (Wildman–Crippen LogP) is 1.62. The van der Waals surface area contributed by atoms with Crippen LogP contribution in [-0.2, 0) is 11.8 Å². The van der Waals surface area contributed by atoms with E-state index in [1.165, 1.54) is 18.4 Å². The van der Waals surface area contributed by atoms with Gasteiger partial charge in [0.05, 0.1) is 11.6 Å². The Balaban J connectivity index is 2.38. The second-order valence-electron chi connectivity index (χ2n) is 4.80. The summed E-state index contributed by atoms with van der Waals surface area (Å²) in [6.07, 6.45) is 0. The van der Waals surface area contributed by atoms with E-state index in [4.69, 9.17) is 9.68 Å². The van der Waals surface area contributed by atoms with Gasteiger partial charge in [0, 0.05) is 12.7 Å². The third kappa shape index (κ3) is 2.22. The van der Waals surface area contributed by atoms with Crippen LogP contribution < -0.4 is 11.1 Å². The first-order valence-electron chi connectivity index (χ1n) is 5.67. The Kier molecular flexibility index (Phi) is 2.91. The van der Waals surface area contributed by atoms with Crippen LogP contribution >= 0.6 is 0 Å². The van der Waals surface area contributed by atoms with E-state index >= 15 is 0 Å². The van der Waals surface area contributed by atoms with E-state index in [9.17, 15) is 9.59 Å². The average Bonchev–Trinajstić information content (AvgIpc) is 2.65. The van der Waals surface area contributed by atoms with Crippen LogP contribution in [0.2, 0.25) is 0 Å². The SMILES string of the molecule is Cn1c(=O)oc2ccc(NC(=O)C(C)(C)C#N)cc21. The number of nitrogens with zero attached hydrogens (tertiary/aromatic N) is 2. The quantitative estimate of drug-likeness (QED) is 0.887. The molecule has 1 aromatic heterocycles. The van der Waals surface area contributed by atoms with E-state index in [1.54, 1.807) is 25.2 Å². The third-order valence-electron chi connectivity index (χ3n) is 2.90. The highest BCUT2D eigenvalue weighted by Crippen LogP contribution is 2.21. The summed E-state index contributed by atoms with van der Waals surface area (Å²) in [5.41, 5.74) is 0.428. The molecule has 1 amide bonds. The molecule has 1 N–H and O–H groups in total. The lowest BCUT2D eigenvalue weighted by atomic mass is 9.94. The summed E-state index contributed by atoms with van der Waals surface area (Å²) in [7, 11) is 1.58. The number of anilines is 1. The number of rotatable bonds is 2. The first-order valence-corrected chi connectivity index (χ1v) is 5.67. The second kappa shape index (κ2) is 4.28. The van der Waals surface area contributed by atoms with Gasteiger partial charge in [0.15, 0.2) is 5.58 Å². The number of hydrogen-bond donors (Lipinski definition) is 1. The summed E-state index contributed by atoms with van der Waals surface area (Å²) in [5.74, 6) is -0.862. The maximum absolute atomic E-state index is 11.9. The number of benzene rings is 1. The van der Waals surface area contributed by atoms with Crippen molar-refractivity contribution in [3.05, 3.63) is 28.7 Å². The lowest BCUT2D eigenvalue weighted by molar-refractivity contribution is -0.121. The molecular formula is C13H13N3O3. The Bertz CT molecular complexity index is 747. The fourth-order valence-corrected chi connectivity index (χ4v) is 1.54. The summed E-state index contributed by atoms with van der Waals surface area (Å²) in [4.78, 5) is 23.2. The van der Waals surface area contributed by atoms with Crippen molar-refractivity contribution in [2.24, 2.45) is 12.5 Å². The van der Waals surface area contributed by atoms with Gasteiger partial charge < -0.3 is 9.73 Å². The van der Waals surface area contributed by atoms with Gasteiger partial charge in [-0.25, -0.2) is 4.79 Å². The Labute approximate surface area is 109 Å². The summed E-state index contributed by atoms with van der Waals surface area (Å²) < 4.78 is 6.34. The van der Waals surface area contributed by atoms with Gasteiger partial charge in [-0.05, 0) is 32.0 Å². The van der Waals surface area contributed by atoms with Crippen molar-refractivity contribution in [1.29, 1.82) is 5.26 Å². The van der Waals surface area contributed by atoms with Crippen LogP contribution in [0.15, 0.2) is 27.4 Å². The molecule has 0 bridgehead atoms. The first kappa shape index (κ1) is 12.9. The minimum Gasteiger partial charge on any atom is -0.408 e. The second-order valence-corrected chi connectivity index (χ2v) is 4.80. The van der Waals surface area contributed by atoms with Crippen molar-refractivity contribution < 1.29 is 9.21 Å². The van der Waals surface area contributed by atoms with Crippen LogP contribution in [0.5, 0.6) is 0 Å². The van der Waals surface area contributed by atoms with Gasteiger partial charge in [-0.2, -0.15) is 5.26 Å². The number of carbonyl (C=O) groups excluding carboxylic acids is 1. The molecule has 0 aliphatic carbocycles. The highest BCUT2D eigenvalue weighted by atomic mass is 16.4. The lowest BCUT2D eigenvalue weighted by Crippen LogP contribution is -2.29. The molecule has 0 radical (unpaired) electrons. The highest BCUT2D eigenvalue weighted by molar-refractivity contribution is 5.97. The average molecular weight is 259 g/mol. The fraction of sp³-hybridized carbons (Fsp3) is 0.308. The van der Waals surface area contributed by atoms with Crippen molar-refractivity contribution in [2.45, 2.75) is 13.8 Å². The van der Waals surface area contributed by atoms with Crippen molar-refractivity contribution >= 4 is 22.7 Å². The van der Waals surface area contributed by atoms with Crippen molar-refractivity contribution in [3.63, 3.8) is 0 Å². The van der Waals surface area contributed by atoms with Crippen molar-refractivity contribution in [3.8, 4) is 6.07 Å². The zero-order valence-electron chi connectivity index (χ0n) is 10.9. The van der Waals surface area contributed by atoms with E-state index in [1.807, 2.05) is 6.07 Å². The number of fused-ring (bicyclic) bond motifs is 1. The molecular weight excluding hydrogens is 246 g/mol. The Hall–Kier alpha value is -2.55. The largest absolute Gasteiger partial charge is 0.419 e. The number of aryl methyl sites for hydroxylation is 1. The van der Waals surface area contributed by atoms with E-state index in [0.717, 1.165) is 0 Å². The molecule has 6 nitrogen and oxygen atoms in total. The number of aromatic nitrogens is 1. The molecule has 0 spiro atoms. The number of amides is 1. The molecule has 0 fully saturated rings. The monoisotopic (exact) mass is 259 g/mol. The smallest absolute Gasteiger partial charge is 0.408 e. The molecule has 19 heavy (non-hydrogen) atoms. The number of nitriles is 1. The third-order valence-corrected chi connectivity index (χ3v) is 2.90. The van der Waals surface area contributed by atoms with Gasteiger partial charge >= 0.3 is 5.76 Å². The molecule has 1 heterocycles. The van der Waals surface area contributed by atoms with Crippen LogP contribution in [0.3, 0.4) is 0 Å². The molecule has 98 valence electrons. The van der Waals surface area contributed by atoms with Crippen LogP contribution in [0, 0.1) is 16.7 Å². The maximum Gasteiger partial charge on any atom is 0.419 e. The minimum absolute atomic E-state index is 0.400. The van der Waals surface area contributed by atoms with Crippen molar-refractivity contribution in [2.75, 3.05) is 5.32 Å². The predicted molar refractivity (Wildman–Crippen MR) is 69.5 cm³/mol. The van der Waals surface area contributed by atoms with Crippen LogP contribution in [0.1, 0.15) is 13.8 Å². The van der Waals surface area contributed by atoms with Crippen LogP contribution in [-0.4, -0.2) is 10.5 Å². The van der Waals surface area contributed by atoms with E-state index in [2.05, 4.69) is 5.32 Å². The first-order chi connectivity index (χ1) is 8.85. The summed E-state index contributed by atoms with van der Waals surface area (Å²) in [6.45, 7) is 3.07. The Morgan fingerprint density at radius 2 is 2.16 bits per heavy atom. The van der Waals surface area contributed by atoms with Crippen molar-refractivity contribution in [1.82, 2.24) is 4.57 Å². The maximum atomic E-state index is 11.9.